The number of aromatic amines is 1. The number of para-hydroxylation sites is 1. The number of H-pyrrole nitrogens is 1. The number of sulfonamides is 1. The summed E-state index contributed by atoms with van der Waals surface area (Å²) in [5.74, 6) is 1.76. The standard InChI is InChI=1S/C25H25N3O5S2/c1-32-22-12-9-17(15-23(22)33-2)13-14-26-35(30,31)19-10-7-18(8-11-19)16-34-25-27-21-6-4-3-5-20(21)24(29)28-25/h3-12,15,26H,13-14,16H2,1-2H3,(H,27,28,29). The van der Waals surface area contributed by atoms with Crippen LogP contribution in [0.1, 0.15) is 11.1 Å². The van der Waals surface area contributed by atoms with Crippen molar-refractivity contribution < 1.29 is 17.9 Å². The third-order valence-corrected chi connectivity index (χ3v) is 7.78. The summed E-state index contributed by atoms with van der Waals surface area (Å²) in [5, 5.41) is 1.06. The van der Waals surface area contributed by atoms with E-state index >= 15 is 0 Å². The number of hydrogen-bond donors (Lipinski definition) is 2. The molecule has 0 atom stereocenters. The lowest BCUT2D eigenvalue weighted by atomic mass is 10.1. The van der Waals surface area contributed by atoms with Crippen molar-refractivity contribution in [3.05, 3.63) is 88.2 Å². The van der Waals surface area contributed by atoms with Crippen molar-refractivity contribution in [3.63, 3.8) is 0 Å². The topological polar surface area (TPSA) is 110 Å². The first kappa shape index (κ1) is 24.8. The van der Waals surface area contributed by atoms with E-state index in [0.29, 0.717) is 39.7 Å². The van der Waals surface area contributed by atoms with Crippen LogP contribution in [0.5, 0.6) is 11.5 Å². The average molecular weight is 512 g/mol. The van der Waals surface area contributed by atoms with E-state index in [-0.39, 0.29) is 17.0 Å². The molecular formula is C25H25N3O5S2. The molecule has 0 aliphatic carbocycles. The summed E-state index contributed by atoms with van der Waals surface area (Å²) in [6.45, 7) is 0.246. The van der Waals surface area contributed by atoms with Gasteiger partial charge in [0.15, 0.2) is 16.7 Å². The second kappa shape index (κ2) is 10.9. The SMILES string of the molecule is COc1ccc(CCNS(=O)(=O)c2ccc(CSc3nc4ccccc4c(=O)[nH]3)cc2)cc1OC. The van der Waals surface area contributed by atoms with Crippen LogP contribution in [0.15, 0.2) is 81.6 Å². The lowest BCUT2D eigenvalue weighted by Gasteiger charge is -2.11. The predicted molar refractivity (Wildman–Crippen MR) is 137 cm³/mol. The first-order valence-electron chi connectivity index (χ1n) is 10.8. The minimum Gasteiger partial charge on any atom is -0.493 e. The van der Waals surface area contributed by atoms with E-state index in [0.717, 1.165) is 11.1 Å². The second-order valence-electron chi connectivity index (χ2n) is 7.66. The molecule has 4 aromatic rings. The molecule has 0 radical (unpaired) electrons. The van der Waals surface area contributed by atoms with E-state index in [2.05, 4.69) is 14.7 Å². The number of aromatic nitrogens is 2. The molecule has 0 aliphatic rings. The van der Waals surface area contributed by atoms with E-state index in [1.165, 1.54) is 11.8 Å². The quantitative estimate of drug-likeness (QED) is 0.246. The van der Waals surface area contributed by atoms with Gasteiger partial charge in [0, 0.05) is 12.3 Å². The van der Waals surface area contributed by atoms with Gasteiger partial charge in [0.25, 0.3) is 5.56 Å². The zero-order chi connectivity index (χ0) is 24.8. The summed E-state index contributed by atoms with van der Waals surface area (Å²) in [6, 6.07) is 19.3. The van der Waals surface area contributed by atoms with Gasteiger partial charge in [0.2, 0.25) is 10.0 Å². The van der Waals surface area contributed by atoms with Gasteiger partial charge in [-0.05, 0) is 53.9 Å². The van der Waals surface area contributed by atoms with E-state index in [4.69, 9.17) is 9.47 Å². The molecule has 0 bridgehead atoms. The molecule has 2 N–H and O–H groups in total. The molecule has 35 heavy (non-hydrogen) atoms. The molecule has 0 saturated carbocycles. The Morgan fingerprint density at radius 1 is 0.943 bits per heavy atom. The minimum atomic E-state index is -3.65. The number of thioether (sulfide) groups is 1. The van der Waals surface area contributed by atoms with Gasteiger partial charge in [-0.3, -0.25) is 4.79 Å². The van der Waals surface area contributed by atoms with Crippen LogP contribution in [0, 0.1) is 0 Å². The van der Waals surface area contributed by atoms with Crippen molar-refractivity contribution in [2.45, 2.75) is 22.2 Å². The molecule has 3 aromatic carbocycles. The average Bonchev–Trinajstić information content (AvgIpc) is 2.87. The predicted octanol–water partition coefficient (Wildman–Crippen LogP) is 3.75. The number of nitrogens with one attached hydrogen (secondary N) is 2. The normalized spacial score (nSPS) is 11.5. The van der Waals surface area contributed by atoms with Gasteiger partial charge in [0.05, 0.1) is 30.0 Å². The maximum Gasteiger partial charge on any atom is 0.259 e. The fourth-order valence-electron chi connectivity index (χ4n) is 3.50. The summed E-state index contributed by atoms with van der Waals surface area (Å²) in [5.41, 5.74) is 2.30. The Morgan fingerprint density at radius 3 is 2.40 bits per heavy atom. The molecule has 1 heterocycles. The van der Waals surface area contributed by atoms with Gasteiger partial charge in [-0.2, -0.15) is 0 Å². The lowest BCUT2D eigenvalue weighted by molar-refractivity contribution is 0.354. The molecule has 0 spiro atoms. The summed E-state index contributed by atoms with van der Waals surface area (Å²) >= 11 is 1.38. The summed E-state index contributed by atoms with van der Waals surface area (Å²) < 4.78 is 38.5. The minimum absolute atomic E-state index is 0.182. The molecule has 1 aromatic heterocycles. The fourth-order valence-corrected chi connectivity index (χ4v) is 5.35. The third-order valence-electron chi connectivity index (χ3n) is 5.35. The number of hydrogen-bond acceptors (Lipinski definition) is 7. The summed E-state index contributed by atoms with van der Waals surface area (Å²) in [6.07, 6.45) is 0.505. The van der Waals surface area contributed by atoms with Gasteiger partial charge in [-0.15, -0.1) is 0 Å². The number of ether oxygens (including phenoxy) is 2. The van der Waals surface area contributed by atoms with Crippen molar-refractivity contribution in [1.29, 1.82) is 0 Å². The summed E-state index contributed by atoms with van der Waals surface area (Å²) in [7, 11) is -0.519. The molecule has 0 amide bonds. The van der Waals surface area contributed by atoms with E-state index in [1.54, 1.807) is 62.8 Å². The Kier molecular flexibility index (Phi) is 7.74. The first-order valence-corrected chi connectivity index (χ1v) is 13.3. The Morgan fingerprint density at radius 2 is 1.66 bits per heavy atom. The van der Waals surface area contributed by atoms with Gasteiger partial charge in [-0.25, -0.2) is 18.1 Å². The molecule has 0 saturated heterocycles. The first-order chi connectivity index (χ1) is 16.9. The third kappa shape index (κ3) is 6.02. The van der Waals surface area contributed by atoms with Crippen LogP contribution < -0.4 is 19.8 Å². The number of nitrogens with zero attached hydrogens (tertiary/aromatic N) is 1. The maximum absolute atomic E-state index is 12.7. The highest BCUT2D eigenvalue weighted by molar-refractivity contribution is 7.98. The van der Waals surface area contributed by atoms with Gasteiger partial charge < -0.3 is 14.5 Å². The fraction of sp³-hybridized carbons (Fsp3) is 0.200. The number of benzene rings is 3. The zero-order valence-corrected chi connectivity index (χ0v) is 20.9. The molecule has 10 heteroatoms. The van der Waals surface area contributed by atoms with Crippen molar-refractivity contribution in [2.24, 2.45) is 0 Å². The molecular weight excluding hydrogens is 486 g/mol. The number of fused-ring (bicyclic) bond motifs is 1. The molecule has 182 valence electrons. The highest BCUT2D eigenvalue weighted by Crippen LogP contribution is 2.27. The highest BCUT2D eigenvalue weighted by atomic mass is 32.2. The van der Waals surface area contributed by atoms with Crippen LogP contribution >= 0.6 is 11.8 Å². The monoisotopic (exact) mass is 511 g/mol. The van der Waals surface area contributed by atoms with Crippen molar-refractivity contribution >= 4 is 32.7 Å². The Labute approximate surface area is 207 Å². The van der Waals surface area contributed by atoms with Crippen molar-refractivity contribution in [1.82, 2.24) is 14.7 Å². The Bertz CT molecular complexity index is 1490. The molecule has 0 unspecified atom stereocenters. The largest absolute Gasteiger partial charge is 0.493 e. The maximum atomic E-state index is 12.7. The molecule has 0 aliphatic heterocycles. The van der Waals surface area contributed by atoms with Crippen LogP contribution in [0.4, 0.5) is 0 Å². The highest BCUT2D eigenvalue weighted by Gasteiger charge is 2.14. The van der Waals surface area contributed by atoms with E-state index in [1.807, 2.05) is 18.2 Å². The van der Waals surface area contributed by atoms with Gasteiger partial charge in [-0.1, -0.05) is 42.1 Å². The smallest absolute Gasteiger partial charge is 0.259 e. The van der Waals surface area contributed by atoms with Crippen molar-refractivity contribution in [2.75, 3.05) is 20.8 Å². The molecule has 0 fully saturated rings. The number of methoxy groups -OCH3 is 2. The lowest BCUT2D eigenvalue weighted by Crippen LogP contribution is -2.26. The van der Waals surface area contributed by atoms with E-state index in [9.17, 15) is 13.2 Å². The second-order valence-corrected chi connectivity index (χ2v) is 10.4. The van der Waals surface area contributed by atoms with Crippen LogP contribution in [-0.4, -0.2) is 39.2 Å². The van der Waals surface area contributed by atoms with Gasteiger partial charge in [0.1, 0.15) is 0 Å². The summed E-state index contributed by atoms with van der Waals surface area (Å²) in [4.78, 5) is 19.7. The van der Waals surface area contributed by atoms with Crippen molar-refractivity contribution in [3.8, 4) is 11.5 Å². The van der Waals surface area contributed by atoms with Gasteiger partial charge >= 0.3 is 0 Å². The van der Waals surface area contributed by atoms with Crippen LogP contribution in [0.2, 0.25) is 0 Å². The Hall–Kier alpha value is -3.34. The molecule has 4 rings (SSSR count). The van der Waals surface area contributed by atoms with Crippen LogP contribution in [-0.2, 0) is 22.2 Å². The van der Waals surface area contributed by atoms with E-state index < -0.39 is 10.0 Å². The number of rotatable bonds is 10. The zero-order valence-electron chi connectivity index (χ0n) is 19.3. The van der Waals surface area contributed by atoms with Crippen LogP contribution in [0.3, 0.4) is 0 Å². The van der Waals surface area contributed by atoms with Crippen LogP contribution in [0.25, 0.3) is 10.9 Å². The Balaban J connectivity index is 1.35. The molecule has 8 nitrogen and oxygen atoms in total.